The van der Waals surface area contributed by atoms with Crippen molar-refractivity contribution in [1.82, 2.24) is 15.2 Å². The van der Waals surface area contributed by atoms with E-state index in [2.05, 4.69) is 38.6 Å². The molecule has 1 heterocycles. The van der Waals surface area contributed by atoms with Crippen molar-refractivity contribution < 1.29 is 4.74 Å². The van der Waals surface area contributed by atoms with Crippen LogP contribution in [0.2, 0.25) is 0 Å². The van der Waals surface area contributed by atoms with Crippen LogP contribution in [0.4, 0.5) is 0 Å². The number of hydrogen-bond acceptors (Lipinski definition) is 4. The van der Waals surface area contributed by atoms with E-state index in [4.69, 9.17) is 4.74 Å². The molecule has 5 nitrogen and oxygen atoms in total. The number of benzene rings is 1. The SMILES string of the molecule is CN=C(NCCCOc1ccccc1C)N(C)Cc1csc(C)n1.I. The molecule has 0 saturated carbocycles. The quantitative estimate of drug-likeness (QED) is 0.287. The number of hydrogen-bond donors (Lipinski definition) is 1. The second-order valence-corrected chi connectivity index (χ2v) is 6.72. The summed E-state index contributed by atoms with van der Waals surface area (Å²) < 4.78 is 5.81. The van der Waals surface area contributed by atoms with Crippen molar-refractivity contribution in [2.45, 2.75) is 26.8 Å². The Hall–Kier alpha value is -1.35. The van der Waals surface area contributed by atoms with E-state index in [1.165, 1.54) is 5.56 Å². The Morgan fingerprint density at radius 1 is 1.32 bits per heavy atom. The molecule has 138 valence electrons. The van der Waals surface area contributed by atoms with E-state index < -0.39 is 0 Å². The monoisotopic (exact) mass is 474 g/mol. The highest BCUT2D eigenvalue weighted by atomic mass is 127. The average molecular weight is 474 g/mol. The van der Waals surface area contributed by atoms with Gasteiger partial charge in [0.05, 0.1) is 23.9 Å². The third kappa shape index (κ3) is 7.19. The van der Waals surface area contributed by atoms with E-state index >= 15 is 0 Å². The molecule has 0 atom stereocenters. The molecule has 1 aromatic carbocycles. The summed E-state index contributed by atoms with van der Waals surface area (Å²) in [6.45, 7) is 6.34. The molecule has 0 aliphatic rings. The second kappa shape index (κ2) is 11.3. The van der Waals surface area contributed by atoms with Crippen molar-refractivity contribution in [3.63, 3.8) is 0 Å². The van der Waals surface area contributed by atoms with Crippen LogP contribution in [0.1, 0.15) is 22.7 Å². The highest BCUT2D eigenvalue weighted by Gasteiger charge is 2.08. The smallest absolute Gasteiger partial charge is 0.193 e. The third-order valence-electron chi connectivity index (χ3n) is 3.59. The van der Waals surface area contributed by atoms with Crippen LogP contribution in [0, 0.1) is 13.8 Å². The molecule has 2 aromatic rings. The van der Waals surface area contributed by atoms with Gasteiger partial charge in [-0.25, -0.2) is 4.98 Å². The fraction of sp³-hybridized carbons (Fsp3) is 0.444. The van der Waals surface area contributed by atoms with Crippen LogP contribution in [0.5, 0.6) is 5.75 Å². The molecular weight excluding hydrogens is 447 g/mol. The first-order chi connectivity index (χ1) is 11.6. The van der Waals surface area contributed by atoms with Gasteiger partial charge in [-0.05, 0) is 31.9 Å². The molecule has 1 aromatic heterocycles. The Labute approximate surface area is 171 Å². The van der Waals surface area contributed by atoms with E-state index in [0.717, 1.165) is 41.9 Å². The van der Waals surface area contributed by atoms with Crippen molar-refractivity contribution in [2.75, 3.05) is 27.2 Å². The predicted octanol–water partition coefficient (Wildman–Crippen LogP) is 3.85. The highest BCUT2D eigenvalue weighted by molar-refractivity contribution is 14.0. The van der Waals surface area contributed by atoms with Crippen LogP contribution in [0.25, 0.3) is 0 Å². The first-order valence-electron chi connectivity index (χ1n) is 8.11. The van der Waals surface area contributed by atoms with Crippen LogP contribution in [-0.4, -0.2) is 43.1 Å². The van der Waals surface area contributed by atoms with E-state index in [-0.39, 0.29) is 24.0 Å². The molecule has 0 saturated heterocycles. The Morgan fingerprint density at radius 3 is 2.72 bits per heavy atom. The Bertz CT molecular complexity index is 675. The molecule has 25 heavy (non-hydrogen) atoms. The van der Waals surface area contributed by atoms with Crippen LogP contribution in [0.15, 0.2) is 34.6 Å². The summed E-state index contributed by atoms with van der Waals surface area (Å²) in [5.41, 5.74) is 2.24. The minimum atomic E-state index is 0. The van der Waals surface area contributed by atoms with Gasteiger partial charge in [-0.1, -0.05) is 18.2 Å². The zero-order valence-electron chi connectivity index (χ0n) is 15.3. The number of aryl methyl sites for hydroxylation is 2. The molecule has 1 N–H and O–H groups in total. The van der Waals surface area contributed by atoms with E-state index in [1.807, 2.05) is 32.2 Å². The first-order valence-corrected chi connectivity index (χ1v) is 8.99. The minimum Gasteiger partial charge on any atom is -0.493 e. The minimum absolute atomic E-state index is 0. The number of rotatable bonds is 7. The maximum atomic E-state index is 5.81. The van der Waals surface area contributed by atoms with Gasteiger partial charge in [-0.15, -0.1) is 35.3 Å². The van der Waals surface area contributed by atoms with Gasteiger partial charge < -0.3 is 15.0 Å². The Morgan fingerprint density at radius 2 is 2.08 bits per heavy atom. The average Bonchev–Trinajstić information content (AvgIpc) is 2.97. The van der Waals surface area contributed by atoms with Gasteiger partial charge in [0.25, 0.3) is 0 Å². The van der Waals surface area contributed by atoms with Gasteiger partial charge in [0.15, 0.2) is 5.96 Å². The molecule has 7 heteroatoms. The number of aliphatic imine (C=N–C) groups is 1. The molecule has 0 amide bonds. The van der Waals surface area contributed by atoms with Gasteiger partial charge in [0.2, 0.25) is 0 Å². The molecule has 0 radical (unpaired) electrons. The van der Waals surface area contributed by atoms with Crippen LogP contribution < -0.4 is 10.1 Å². The number of thiazole rings is 1. The topological polar surface area (TPSA) is 49.8 Å². The van der Waals surface area contributed by atoms with E-state index in [0.29, 0.717) is 6.61 Å². The number of para-hydroxylation sites is 1. The van der Waals surface area contributed by atoms with Crippen molar-refractivity contribution in [3.05, 3.63) is 45.9 Å². The standard InChI is InChI=1S/C18H26N4OS.HI/c1-14-8-5-6-9-17(14)23-11-7-10-20-18(19-3)22(4)12-16-13-24-15(2)21-16;/h5-6,8-9,13H,7,10-12H2,1-4H3,(H,19,20);1H. The van der Waals surface area contributed by atoms with Gasteiger partial charge >= 0.3 is 0 Å². The summed E-state index contributed by atoms with van der Waals surface area (Å²) in [6, 6.07) is 8.08. The number of guanidine groups is 1. The lowest BCUT2D eigenvalue weighted by Gasteiger charge is -2.21. The fourth-order valence-electron chi connectivity index (χ4n) is 2.36. The summed E-state index contributed by atoms with van der Waals surface area (Å²) in [5, 5.41) is 6.55. The van der Waals surface area contributed by atoms with Gasteiger partial charge in [-0.2, -0.15) is 0 Å². The van der Waals surface area contributed by atoms with Crippen molar-refractivity contribution in [3.8, 4) is 5.75 Å². The summed E-state index contributed by atoms with van der Waals surface area (Å²) >= 11 is 1.67. The van der Waals surface area contributed by atoms with Crippen LogP contribution in [-0.2, 0) is 6.54 Å². The van der Waals surface area contributed by atoms with E-state index in [9.17, 15) is 0 Å². The van der Waals surface area contributed by atoms with E-state index in [1.54, 1.807) is 18.4 Å². The molecular formula is C18H27IN4OS. The summed E-state index contributed by atoms with van der Waals surface area (Å²) in [4.78, 5) is 10.9. The molecule has 0 aliphatic heterocycles. The van der Waals surface area contributed by atoms with Gasteiger partial charge in [0.1, 0.15) is 5.75 Å². The third-order valence-corrected chi connectivity index (χ3v) is 4.42. The number of aromatic nitrogens is 1. The Balaban J connectivity index is 0.00000312. The van der Waals surface area contributed by atoms with Gasteiger partial charge in [0, 0.05) is 26.0 Å². The number of halogens is 1. The highest BCUT2D eigenvalue weighted by Crippen LogP contribution is 2.16. The van der Waals surface area contributed by atoms with Crippen molar-refractivity contribution >= 4 is 41.3 Å². The summed E-state index contributed by atoms with van der Waals surface area (Å²) in [7, 11) is 3.82. The molecule has 0 bridgehead atoms. The number of nitrogens with one attached hydrogen (secondary N) is 1. The largest absolute Gasteiger partial charge is 0.493 e. The lowest BCUT2D eigenvalue weighted by atomic mass is 10.2. The maximum Gasteiger partial charge on any atom is 0.193 e. The maximum absolute atomic E-state index is 5.81. The molecule has 2 rings (SSSR count). The second-order valence-electron chi connectivity index (χ2n) is 5.66. The lowest BCUT2D eigenvalue weighted by molar-refractivity contribution is 0.308. The normalized spacial score (nSPS) is 11.0. The molecule has 0 unspecified atom stereocenters. The molecule has 0 spiro atoms. The number of ether oxygens (including phenoxy) is 1. The van der Waals surface area contributed by atoms with Gasteiger partial charge in [-0.3, -0.25) is 4.99 Å². The summed E-state index contributed by atoms with van der Waals surface area (Å²) in [6.07, 6.45) is 0.914. The van der Waals surface area contributed by atoms with Crippen LogP contribution >= 0.6 is 35.3 Å². The molecule has 0 aliphatic carbocycles. The lowest BCUT2D eigenvalue weighted by Crippen LogP contribution is -2.39. The Kier molecular flexibility index (Phi) is 9.81. The van der Waals surface area contributed by atoms with Crippen LogP contribution in [0.3, 0.4) is 0 Å². The zero-order chi connectivity index (χ0) is 17.4. The summed E-state index contributed by atoms with van der Waals surface area (Å²) in [5.74, 6) is 1.83. The molecule has 0 fully saturated rings. The predicted molar refractivity (Wildman–Crippen MR) is 116 cm³/mol. The number of nitrogens with zero attached hydrogens (tertiary/aromatic N) is 3. The first kappa shape index (κ1) is 21.7. The fourth-order valence-corrected chi connectivity index (χ4v) is 2.96. The van der Waals surface area contributed by atoms with Crippen molar-refractivity contribution in [2.24, 2.45) is 4.99 Å². The zero-order valence-corrected chi connectivity index (χ0v) is 18.4. The van der Waals surface area contributed by atoms with Crippen molar-refractivity contribution in [1.29, 1.82) is 0 Å².